The van der Waals surface area contributed by atoms with Gasteiger partial charge in [-0.2, -0.15) is 0 Å². The SMILES string of the molecule is O=C(NCCCC(=O)N1CC(C(=O)O)C2(CC2)C1)OCC1c2ccccc2-c2ccccc21. The molecule has 5 rings (SSSR count). The number of carbonyl (C=O) groups is 3. The number of carboxylic acid groups (broad SMARTS) is 1. The molecule has 1 aliphatic heterocycles. The number of rotatable bonds is 7. The molecule has 0 aromatic heterocycles. The maximum absolute atomic E-state index is 12.5. The van der Waals surface area contributed by atoms with E-state index in [9.17, 15) is 19.5 Å². The number of hydrogen-bond acceptors (Lipinski definition) is 4. The first-order valence-electron chi connectivity index (χ1n) is 11.6. The minimum Gasteiger partial charge on any atom is -0.481 e. The molecular weight excluding hydrogens is 420 g/mol. The number of ether oxygens (including phenoxy) is 1. The average Bonchev–Trinajstić information content (AvgIpc) is 3.36. The Kier molecular flexibility index (Phi) is 5.56. The summed E-state index contributed by atoms with van der Waals surface area (Å²) in [4.78, 5) is 37.9. The summed E-state index contributed by atoms with van der Waals surface area (Å²) in [5.74, 6) is -1.28. The second kappa shape index (κ2) is 8.54. The van der Waals surface area contributed by atoms with E-state index in [-0.39, 0.29) is 30.3 Å². The molecule has 1 spiro atoms. The zero-order valence-corrected chi connectivity index (χ0v) is 18.5. The lowest BCUT2D eigenvalue weighted by atomic mass is 9.93. The molecule has 7 heteroatoms. The van der Waals surface area contributed by atoms with Crippen LogP contribution in [0.2, 0.25) is 0 Å². The Bertz CT molecular complexity index is 1050. The predicted octanol–water partition coefficient (Wildman–Crippen LogP) is 3.63. The Hall–Kier alpha value is -3.35. The zero-order valence-electron chi connectivity index (χ0n) is 18.5. The fourth-order valence-corrected chi connectivity index (χ4v) is 5.40. The topological polar surface area (TPSA) is 95.9 Å². The third-order valence-corrected chi connectivity index (χ3v) is 7.37. The van der Waals surface area contributed by atoms with Gasteiger partial charge in [-0.25, -0.2) is 4.79 Å². The molecule has 2 aromatic carbocycles. The van der Waals surface area contributed by atoms with Crippen molar-refractivity contribution in [3.8, 4) is 11.1 Å². The molecule has 1 saturated heterocycles. The van der Waals surface area contributed by atoms with E-state index in [1.54, 1.807) is 4.90 Å². The standard InChI is InChI=1S/C26H28N2O5/c29-23(28-14-22(24(30)31)26(16-28)11-12-26)10-5-13-27-25(32)33-15-21-19-8-3-1-6-17(19)18-7-2-4-9-20(18)21/h1-4,6-9,21-22H,5,10-16H2,(H,27,32)(H,30,31). The lowest BCUT2D eigenvalue weighted by molar-refractivity contribution is -0.143. The molecule has 2 fully saturated rings. The van der Waals surface area contributed by atoms with E-state index in [0.717, 1.165) is 24.0 Å². The molecule has 2 amide bonds. The summed E-state index contributed by atoms with van der Waals surface area (Å²) in [5.41, 5.74) is 4.49. The number of carboxylic acids is 1. The summed E-state index contributed by atoms with van der Waals surface area (Å²) in [6.07, 6.45) is 2.05. The van der Waals surface area contributed by atoms with E-state index in [1.165, 1.54) is 11.1 Å². The lowest BCUT2D eigenvalue weighted by Crippen LogP contribution is -2.31. The number of nitrogens with one attached hydrogen (secondary N) is 1. The van der Waals surface area contributed by atoms with Gasteiger partial charge in [-0.3, -0.25) is 9.59 Å². The second-order valence-electron chi connectivity index (χ2n) is 9.38. The quantitative estimate of drug-likeness (QED) is 0.631. The predicted molar refractivity (Wildman–Crippen MR) is 122 cm³/mol. The minimum atomic E-state index is -0.806. The van der Waals surface area contributed by atoms with E-state index in [0.29, 0.717) is 26.1 Å². The van der Waals surface area contributed by atoms with Crippen molar-refractivity contribution < 1.29 is 24.2 Å². The van der Waals surface area contributed by atoms with Gasteiger partial charge in [0, 0.05) is 37.4 Å². The third kappa shape index (κ3) is 4.08. The van der Waals surface area contributed by atoms with Gasteiger partial charge in [-0.05, 0) is 41.5 Å². The summed E-state index contributed by atoms with van der Waals surface area (Å²) in [6, 6.07) is 16.4. The molecule has 2 N–H and O–H groups in total. The van der Waals surface area contributed by atoms with Crippen LogP contribution in [0.15, 0.2) is 48.5 Å². The first kappa shape index (κ1) is 21.5. The van der Waals surface area contributed by atoms with E-state index in [4.69, 9.17) is 4.74 Å². The van der Waals surface area contributed by atoms with Crippen molar-refractivity contribution in [3.63, 3.8) is 0 Å². The van der Waals surface area contributed by atoms with Crippen LogP contribution in [0.25, 0.3) is 11.1 Å². The molecule has 1 heterocycles. The van der Waals surface area contributed by atoms with E-state index >= 15 is 0 Å². The summed E-state index contributed by atoms with van der Waals surface area (Å²) < 4.78 is 5.51. The number of hydrogen-bond donors (Lipinski definition) is 2. The Morgan fingerprint density at radius 1 is 1.03 bits per heavy atom. The van der Waals surface area contributed by atoms with Gasteiger partial charge < -0.3 is 20.1 Å². The highest BCUT2D eigenvalue weighted by Crippen LogP contribution is 2.56. The van der Waals surface area contributed by atoms with Gasteiger partial charge in [0.1, 0.15) is 6.61 Å². The van der Waals surface area contributed by atoms with Crippen molar-refractivity contribution in [1.82, 2.24) is 10.2 Å². The smallest absolute Gasteiger partial charge is 0.407 e. The number of amides is 2. The van der Waals surface area contributed by atoms with E-state index in [2.05, 4.69) is 29.6 Å². The van der Waals surface area contributed by atoms with Gasteiger partial charge in [-0.1, -0.05) is 48.5 Å². The van der Waals surface area contributed by atoms with Crippen molar-refractivity contribution in [2.24, 2.45) is 11.3 Å². The van der Waals surface area contributed by atoms with Crippen molar-refractivity contribution in [1.29, 1.82) is 0 Å². The number of alkyl carbamates (subject to hydrolysis) is 1. The fraction of sp³-hybridized carbons (Fsp3) is 0.423. The second-order valence-corrected chi connectivity index (χ2v) is 9.38. The van der Waals surface area contributed by atoms with Crippen LogP contribution in [0, 0.1) is 11.3 Å². The van der Waals surface area contributed by atoms with Gasteiger partial charge >= 0.3 is 12.1 Å². The zero-order chi connectivity index (χ0) is 23.0. The molecule has 2 aliphatic carbocycles. The number of fused-ring (bicyclic) bond motifs is 3. The summed E-state index contributed by atoms with van der Waals surface area (Å²) in [6.45, 7) is 1.44. The monoisotopic (exact) mass is 448 g/mol. The first-order valence-corrected chi connectivity index (χ1v) is 11.6. The third-order valence-electron chi connectivity index (χ3n) is 7.37. The molecule has 172 valence electrons. The Morgan fingerprint density at radius 3 is 2.24 bits per heavy atom. The molecular formula is C26H28N2O5. The number of carbonyl (C=O) groups excluding carboxylic acids is 2. The number of benzene rings is 2. The van der Waals surface area contributed by atoms with Crippen LogP contribution in [0.3, 0.4) is 0 Å². The van der Waals surface area contributed by atoms with Crippen LogP contribution in [-0.4, -0.2) is 54.2 Å². The summed E-state index contributed by atoms with van der Waals surface area (Å²) in [7, 11) is 0. The van der Waals surface area contributed by atoms with Crippen LogP contribution in [0.1, 0.15) is 42.7 Å². The van der Waals surface area contributed by atoms with Crippen molar-refractivity contribution >= 4 is 18.0 Å². The van der Waals surface area contributed by atoms with Crippen LogP contribution in [-0.2, 0) is 14.3 Å². The Labute approximate surface area is 192 Å². The summed E-state index contributed by atoms with van der Waals surface area (Å²) >= 11 is 0. The Balaban J connectivity index is 1.07. The van der Waals surface area contributed by atoms with Gasteiger partial charge in [0.15, 0.2) is 0 Å². The highest BCUT2D eigenvalue weighted by Gasteiger charge is 2.58. The van der Waals surface area contributed by atoms with Crippen molar-refractivity contribution in [3.05, 3.63) is 59.7 Å². The molecule has 0 bridgehead atoms. The van der Waals surface area contributed by atoms with E-state index in [1.807, 2.05) is 24.3 Å². The largest absolute Gasteiger partial charge is 0.481 e. The van der Waals surface area contributed by atoms with Crippen LogP contribution >= 0.6 is 0 Å². The lowest BCUT2D eigenvalue weighted by Gasteiger charge is -2.16. The fourth-order valence-electron chi connectivity index (χ4n) is 5.40. The van der Waals surface area contributed by atoms with Gasteiger partial charge in [0.25, 0.3) is 0 Å². The van der Waals surface area contributed by atoms with Crippen LogP contribution in [0.5, 0.6) is 0 Å². The Morgan fingerprint density at radius 2 is 1.67 bits per heavy atom. The van der Waals surface area contributed by atoms with Crippen LogP contribution < -0.4 is 5.32 Å². The number of likely N-dealkylation sites (tertiary alicyclic amines) is 1. The molecule has 1 saturated carbocycles. The van der Waals surface area contributed by atoms with Crippen LogP contribution in [0.4, 0.5) is 4.79 Å². The summed E-state index contributed by atoms with van der Waals surface area (Å²) in [5, 5.41) is 12.1. The molecule has 2 aromatic rings. The first-order chi connectivity index (χ1) is 16.0. The maximum Gasteiger partial charge on any atom is 0.407 e. The minimum absolute atomic E-state index is 0.0109. The van der Waals surface area contributed by atoms with E-state index < -0.39 is 18.0 Å². The van der Waals surface area contributed by atoms with Crippen molar-refractivity contribution in [2.75, 3.05) is 26.2 Å². The number of nitrogens with zero attached hydrogens (tertiary/aromatic N) is 1. The normalized spacial score (nSPS) is 19.8. The molecule has 33 heavy (non-hydrogen) atoms. The van der Waals surface area contributed by atoms with Gasteiger partial charge in [0.2, 0.25) is 5.91 Å². The molecule has 7 nitrogen and oxygen atoms in total. The highest BCUT2D eigenvalue weighted by atomic mass is 16.5. The van der Waals surface area contributed by atoms with Crippen molar-refractivity contribution in [2.45, 2.75) is 31.6 Å². The molecule has 0 radical (unpaired) electrons. The van der Waals surface area contributed by atoms with Gasteiger partial charge in [-0.15, -0.1) is 0 Å². The number of aliphatic carboxylic acids is 1. The highest BCUT2D eigenvalue weighted by molar-refractivity contribution is 5.80. The maximum atomic E-state index is 12.5. The molecule has 1 atom stereocenters. The molecule has 3 aliphatic rings. The average molecular weight is 449 g/mol. The molecule has 1 unspecified atom stereocenters. The van der Waals surface area contributed by atoms with Gasteiger partial charge in [0.05, 0.1) is 5.92 Å².